The standard InChI is InChI=1S/C32H29BrO2/c1-18-13-20(3)31(21(4)14-18)34-28-11-7-9-24-26(28)17-27-25(30(24)33)10-8-12-29(27)35-32-22(5)15-19(2)16-23(32)6/h7-17H,1-6H3. The molecule has 0 atom stereocenters. The molecule has 0 amide bonds. The second kappa shape index (κ2) is 9.05. The molecule has 0 bridgehead atoms. The Morgan fingerprint density at radius 1 is 0.486 bits per heavy atom. The zero-order valence-corrected chi connectivity index (χ0v) is 22.6. The summed E-state index contributed by atoms with van der Waals surface area (Å²) in [5.74, 6) is 3.49. The SMILES string of the molecule is Cc1cc(C)c(Oc2cccc3c(Br)c4cccc(Oc5c(C)cc(C)cc5C)c4cc23)c(C)c1. The van der Waals surface area contributed by atoms with E-state index in [9.17, 15) is 0 Å². The van der Waals surface area contributed by atoms with E-state index in [1.165, 1.54) is 11.1 Å². The molecule has 0 aliphatic heterocycles. The van der Waals surface area contributed by atoms with E-state index in [1.807, 2.05) is 24.3 Å². The van der Waals surface area contributed by atoms with Gasteiger partial charge >= 0.3 is 0 Å². The summed E-state index contributed by atoms with van der Waals surface area (Å²) in [7, 11) is 0. The van der Waals surface area contributed by atoms with Gasteiger partial charge in [0.15, 0.2) is 0 Å². The Labute approximate surface area is 215 Å². The summed E-state index contributed by atoms with van der Waals surface area (Å²) in [4.78, 5) is 0. The molecular formula is C32H29BrO2. The Morgan fingerprint density at radius 2 is 0.857 bits per heavy atom. The number of benzene rings is 5. The van der Waals surface area contributed by atoms with Crippen LogP contribution in [0.4, 0.5) is 0 Å². The molecule has 0 heterocycles. The number of hydrogen-bond acceptors (Lipinski definition) is 2. The average molecular weight is 525 g/mol. The van der Waals surface area contributed by atoms with Gasteiger partial charge in [-0.1, -0.05) is 59.7 Å². The van der Waals surface area contributed by atoms with Crippen LogP contribution in [0.5, 0.6) is 23.0 Å². The number of halogens is 1. The minimum absolute atomic E-state index is 0.831. The van der Waals surface area contributed by atoms with E-state index in [-0.39, 0.29) is 0 Å². The second-order valence-corrected chi connectivity index (χ2v) is 10.3. The van der Waals surface area contributed by atoms with Crippen LogP contribution in [-0.4, -0.2) is 0 Å². The van der Waals surface area contributed by atoms with Gasteiger partial charge in [0.05, 0.1) is 0 Å². The van der Waals surface area contributed by atoms with Crippen molar-refractivity contribution >= 4 is 37.5 Å². The number of aryl methyl sites for hydroxylation is 6. The molecule has 0 saturated carbocycles. The van der Waals surface area contributed by atoms with E-state index in [1.54, 1.807) is 0 Å². The number of rotatable bonds is 4. The van der Waals surface area contributed by atoms with Crippen molar-refractivity contribution in [3.63, 3.8) is 0 Å². The van der Waals surface area contributed by atoms with Crippen molar-refractivity contribution in [2.75, 3.05) is 0 Å². The van der Waals surface area contributed by atoms with Crippen molar-refractivity contribution in [3.05, 3.63) is 105 Å². The van der Waals surface area contributed by atoms with Gasteiger partial charge in [0, 0.05) is 26.0 Å². The van der Waals surface area contributed by atoms with Gasteiger partial charge in [-0.15, -0.1) is 0 Å². The third kappa shape index (κ3) is 4.30. The first-order chi connectivity index (χ1) is 16.7. The predicted octanol–water partition coefficient (Wildman–Crippen LogP) is 10.2. The van der Waals surface area contributed by atoms with Gasteiger partial charge in [-0.25, -0.2) is 0 Å². The summed E-state index contributed by atoms with van der Waals surface area (Å²) in [5, 5.41) is 4.30. The van der Waals surface area contributed by atoms with Gasteiger partial charge in [-0.3, -0.25) is 0 Å². The summed E-state index contributed by atoms with van der Waals surface area (Å²) in [5.41, 5.74) is 7.01. The van der Waals surface area contributed by atoms with Crippen molar-refractivity contribution in [3.8, 4) is 23.0 Å². The van der Waals surface area contributed by atoms with Crippen LogP contribution >= 0.6 is 15.9 Å². The van der Waals surface area contributed by atoms with Gasteiger partial charge < -0.3 is 9.47 Å². The van der Waals surface area contributed by atoms with Gasteiger partial charge in [-0.2, -0.15) is 0 Å². The third-order valence-electron chi connectivity index (χ3n) is 6.53. The van der Waals surface area contributed by atoms with Crippen molar-refractivity contribution in [2.45, 2.75) is 41.5 Å². The lowest BCUT2D eigenvalue weighted by Gasteiger charge is -2.18. The maximum atomic E-state index is 6.56. The van der Waals surface area contributed by atoms with Crippen LogP contribution in [0.25, 0.3) is 21.5 Å². The van der Waals surface area contributed by atoms with Crippen LogP contribution < -0.4 is 9.47 Å². The highest BCUT2D eigenvalue weighted by Gasteiger charge is 2.16. The van der Waals surface area contributed by atoms with E-state index in [4.69, 9.17) is 9.47 Å². The summed E-state index contributed by atoms with van der Waals surface area (Å²) in [6.45, 7) is 12.6. The lowest BCUT2D eigenvalue weighted by molar-refractivity contribution is 0.479. The van der Waals surface area contributed by atoms with Crippen LogP contribution in [0.1, 0.15) is 33.4 Å². The highest BCUT2D eigenvalue weighted by atomic mass is 79.9. The van der Waals surface area contributed by atoms with Crippen molar-refractivity contribution in [1.82, 2.24) is 0 Å². The average Bonchev–Trinajstić information content (AvgIpc) is 2.79. The Kier molecular flexibility index (Phi) is 6.06. The molecule has 0 N–H and O–H groups in total. The van der Waals surface area contributed by atoms with Crippen LogP contribution in [-0.2, 0) is 0 Å². The minimum Gasteiger partial charge on any atom is -0.456 e. The van der Waals surface area contributed by atoms with Gasteiger partial charge in [0.1, 0.15) is 23.0 Å². The molecule has 0 aliphatic rings. The molecule has 0 spiro atoms. The van der Waals surface area contributed by atoms with Crippen molar-refractivity contribution < 1.29 is 9.47 Å². The Hall–Kier alpha value is -3.30. The largest absolute Gasteiger partial charge is 0.456 e. The van der Waals surface area contributed by atoms with Gasteiger partial charge in [0.2, 0.25) is 0 Å². The fourth-order valence-corrected chi connectivity index (χ4v) is 5.80. The summed E-state index contributed by atoms with van der Waals surface area (Å²) in [6, 6.07) is 23.3. The molecule has 2 nitrogen and oxygen atoms in total. The molecule has 0 saturated heterocycles. The summed E-state index contributed by atoms with van der Waals surface area (Å²) in [6.07, 6.45) is 0. The van der Waals surface area contributed by atoms with Crippen LogP contribution in [0, 0.1) is 41.5 Å². The smallest absolute Gasteiger partial charge is 0.135 e. The fourth-order valence-electron chi connectivity index (χ4n) is 5.11. The van der Waals surface area contributed by atoms with E-state index < -0.39 is 0 Å². The monoisotopic (exact) mass is 524 g/mol. The van der Waals surface area contributed by atoms with Crippen molar-refractivity contribution in [1.29, 1.82) is 0 Å². The molecule has 35 heavy (non-hydrogen) atoms. The summed E-state index contributed by atoms with van der Waals surface area (Å²) < 4.78 is 14.2. The molecule has 0 aromatic heterocycles. The van der Waals surface area contributed by atoms with Gasteiger partial charge in [0.25, 0.3) is 0 Å². The lowest BCUT2D eigenvalue weighted by atomic mass is 10.0. The zero-order valence-electron chi connectivity index (χ0n) is 21.0. The second-order valence-electron chi connectivity index (χ2n) is 9.55. The molecule has 3 heteroatoms. The highest BCUT2D eigenvalue weighted by molar-refractivity contribution is 9.10. The number of hydrogen-bond donors (Lipinski definition) is 0. The first-order valence-corrected chi connectivity index (χ1v) is 12.7. The quantitative estimate of drug-likeness (QED) is 0.217. The highest BCUT2D eigenvalue weighted by Crippen LogP contribution is 2.43. The van der Waals surface area contributed by atoms with Crippen LogP contribution in [0.15, 0.2) is 71.2 Å². The van der Waals surface area contributed by atoms with E-state index in [0.29, 0.717) is 0 Å². The molecule has 0 fully saturated rings. The first kappa shape index (κ1) is 23.4. The van der Waals surface area contributed by atoms with Crippen LogP contribution in [0.3, 0.4) is 0 Å². The molecule has 0 radical (unpaired) electrons. The topological polar surface area (TPSA) is 18.5 Å². The fraction of sp³-hybridized carbons (Fsp3) is 0.188. The zero-order chi connectivity index (χ0) is 24.9. The molecular weight excluding hydrogens is 496 g/mol. The third-order valence-corrected chi connectivity index (χ3v) is 7.38. The molecule has 0 unspecified atom stereocenters. The molecule has 5 rings (SSSR count). The molecule has 5 aromatic rings. The molecule has 176 valence electrons. The Balaban J connectivity index is 1.69. The normalized spacial score (nSPS) is 11.3. The minimum atomic E-state index is 0.831. The van der Waals surface area contributed by atoms with E-state index in [2.05, 4.69) is 99.9 Å². The number of ether oxygens (including phenoxy) is 2. The van der Waals surface area contributed by atoms with E-state index in [0.717, 1.165) is 71.3 Å². The van der Waals surface area contributed by atoms with Crippen molar-refractivity contribution in [2.24, 2.45) is 0 Å². The van der Waals surface area contributed by atoms with Crippen LogP contribution in [0.2, 0.25) is 0 Å². The Morgan fingerprint density at radius 3 is 1.23 bits per heavy atom. The maximum absolute atomic E-state index is 6.56. The Bertz CT molecular complexity index is 1450. The van der Waals surface area contributed by atoms with Gasteiger partial charge in [-0.05, 0) is 97.9 Å². The number of fused-ring (bicyclic) bond motifs is 2. The maximum Gasteiger partial charge on any atom is 0.135 e. The first-order valence-electron chi connectivity index (χ1n) is 11.9. The molecule has 0 aliphatic carbocycles. The summed E-state index contributed by atoms with van der Waals surface area (Å²) >= 11 is 3.89. The lowest BCUT2D eigenvalue weighted by Crippen LogP contribution is -1.95. The van der Waals surface area contributed by atoms with E-state index >= 15 is 0 Å². The predicted molar refractivity (Wildman–Crippen MR) is 151 cm³/mol. The molecule has 5 aromatic carbocycles.